The van der Waals surface area contributed by atoms with Gasteiger partial charge in [0.05, 0.1) is 12.6 Å². The molecule has 4 rings (SSSR count). The van der Waals surface area contributed by atoms with Crippen LogP contribution in [0.15, 0.2) is 84.9 Å². The van der Waals surface area contributed by atoms with Crippen LogP contribution in [-0.4, -0.2) is 23.9 Å². The van der Waals surface area contributed by atoms with E-state index in [1.165, 1.54) is 11.1 Å². The molecular formula is C24H24N2O. The van der Waals surface area contributed by atoms with Gasteiger partial charge in [0.15, 0.2) is 0 Å². The van der Waals surface area contributed by atoms with Gasteiger partial charge in [0, 0.05) is 13.1 Å². The van der Waals surface area contributed by atoms with Gasteiger partial charge in [0.25, 0.3) is 0 Å². The van der Waals surface area contributed by atoms with Crippen molar-refractivity contribution < 1.29 is 4.79 Å². The molecule has 136 valence electrons. The normalized spacial score (nSPS) is 14.0. The first-order valence-corrected chi connectivity index (χ1v) is 9.48. The minimum Gasteiger partial charge on any atom is -0.344 e. The lowest BCUT2D eigenvalue weighted by Crippen LogP contribution is -2.41. The summed E-state index contributed by atoms with van der Waals surface area (Å²) in [7, 11) is 0. The molecule has 1 aliphatic heterocycles. The van der Waals surface area contributed by atoms with Gasteiger partial charge in [0.2, 0.25) is 5.91 Å². The molecule has 1 heterocycles. The van der Waals surface area contributed by atoms with Gasteiger partial charge in [-0.25, -0.2) is 0 Å². The molecule has 0 saturated heterocycles. The maximum atomic E-state index is 12.8. The quantitative estimate of drug-likeness (QED) is 0.751. The lowest BCUT2D eigenvalue weighted by atomic mass is 9.98. The monoisotopic (exact) mass is 356 g/mol. The zero-order valence-electron chi connectivity index (χ0n) is 15.3. The van der Waals surface area contributed by atoms with Crippen LogP contribution in [0.2, 0.25) is 0 Å². The summed E-state index contributed by atoms with van der Waals surface area (Å²) in [6.07, 6.45) is 1.00. The van der Waals surface area contributed by atoms with Gasteiger partial charge in [-0.15, -0.1) is 0 Å². The summed E-state index contributed by atoms with van der Waals surface area (Å²) in [6.45, 7) is 2.18. The Morgan fingerprint density at radius 2 is 1.37 bits per heavy atom. The first kappa shape index (κ1) is 17.5. The van der Waals surface area contributed by atoms with Crippen molar-refractivity contribution in [2.75, 3.05) is 13.1 Å². The summed E-state index contributed by atoms with van der Waals surface area (Å²) in [5.74, 6) is 0.0621. The first-order valence-electron chi connectivity index (χ1n) is 9.48. The zero-order chi connectivity index (χ0) is 18.5. The number of rotatable bonds is 5. The molecule has 0 aromatic heterocycles. The molecule has 3 aromatic carbocycles. The van der Waals surface area contributed by atoms with E-state index in [0.29, 0.717) is 6.54 Å². The summed E-state index contributed by atoms with van der Waals surface area (Å²) in [5, 5.41) is 3.24. The number of fused-ring (bicyclic) bond motifs is 1. The molecule has 1 aliphatic rings. The number of nitrogens with one attached hydrogen (secondary N) is 1. The van der Waals surface area contributed by atoms with E-state index < -0.39 is 0 Å². The Balaban J connectivity index is 1.46. The Kier molecular flexibility index (Phi) is 5.31. The van der Waals surface area contributed by atoms with Crippen molar-refractivity contribution in [1.82, 2.24) is 10.2 Å². The van der Waals surface area contributed by atoms with E-state index in [1.807, 2.05) is 36.4 Å². The fraction of sp³-hybridized carbons (Fsp3) is 0.208. The summed E-state index contributed by atoms with van der Waals surface area (Å²) in [6, 6.07) is 28.7. The fourth-order valence-electron chi connectivity index (χ4n) is 3.75. The number of carbonyl (C=O) groups is 1. The Hall–Kier alpha value is -2.91. The summed E-state index contributed by atoms with van der Waals surface area (Å²) < 4.78 is 0. The van der Waals surface area contributed by atoms with Crippen LogP contribution < -0.4 is 5.32 Å². The number of nitrogens with zero attached hydrogens (tertiary/aromatic N) is 1. The maximum absolute atomic E-state index is 12.8. The Bertz CT molecular complexity index is 853. The number of hydrogen-bond donors (Lipinski definition) is 1. The molecule has 1 N–H and O–H groups in total. The molecule has 1 amide bonds. The van der Waals surface area contributed by atoms with E-state index in [-0.39, 0.29) is 11.9 Å². The lowest BCUT2D eigenvalue weighted by Gasteiger charge is -2.29. The standard InChI is InChI=1S/C24H24N2O/c27-23(18-26-16-15-19-9-7-8-14-22(19)17-26)25-24(20-10-3-1-4-11-20)21-12-5-2-6-13-21/h1-14,24H,15-18H2,(H,25,27). The highest BCUT2D eigenvalue weighted by molar-refractivity contribution is 5.79. The maximum Gasteiger partial charge on any atom is 0.234 e. The van der Waals surface area contributed by atoms with Crippen molar-refractivity contribution >= 4 is 5.91 Å². The third-order valence-corrected chi connectivity index (χ3v) is 5.15. The summed E-state index contributed by atoms with van der Waals surface area (Å²) in [4.78, 5) is 15.1. The van der Waals surface area contributed by atoms with Crippen LogP contribution in [0.1, 0.15) is 28.3 Å². The van der Waals surface area contributed by atoms with Crippen molar-refractivity contribution in [1.29, 1.82) is 0 Å². The molecule has 3 aromatic rings. The van der Waals surface area contributed by atoms with Crippen LogP contribution in [0.3, 0.4) is 0 Å². The molecule has 0 atom stereocenters. The Morgan fingerprint density at radius 1 is 0.815 bits per heavy atom. The van der Waals surface area contributed by atoms with E-state index >= 15 is 0 Å². The molecule has 0 spiro atoms. The molecule has 0 fully saturated rings. The van der Waals surface area contributed by atoms with Crippen LogP contribution in [0.25, 0.3) is 0 Å². The highest BCUT2D eigenvalue weighted by atomic mass is 16.2. The molecule has 0 saturated carbocycles. The molecule has 3 nitrogen and oxygen atoms in total. The van der Waals surface area contributed by atoms with E-state index in [0.717, 1.165) is 30.6 Å². The van der Waals surface area contributed by atoms with Crippen molar-refractivity contribution in [3.05, 3.63) is 107 Å². The SMILES string of the molecule is O=C(CN1CCc2ccccc2C1)NC(c1ccccc1)c1ccccc1. The van der Waals surface area contributed by atoms with Crippen LogP contribution in [-0.2, 0) is 17.8 Å². The average Bonchev–Trinajstić information content (AvgIpc) is 2.73. The molecular weight excluding hydrogens is 332 g/mol. The average molecular weight is 356 g/mol. The van der Waals surface area contributed by atoms with Crippen LogP contribution in [0, 0.1) is 0 Å². The third-order valence-electron chi connectivity index (χ3n) is 5.15. The highest BCUT2D eigenvalue weighted by Crippen LogP contribution is 2.22. The number of benzene rings is 3. The summed E-state index contributed by atoms with van der Waals surface area (Å²) >= 11 is 0. The minimum absolute atomic E-state index is 0.0621. The second-order valence-corrected chi connectivity index (χ2v) is 7.05. The van der Waals surface area contributed by atoms with Crippen LogP contribution >= 0.6 is 0 Å². The smallest absolute Gasteiger partial charge is 0.234 e. The predicted molar refractivity (Wildman–Crippen MR) is 108 cm³/mol. The van der Waals surface area contributed by atoms with Crippen molar-refractivity contribution in [2.45, 2.75) is 19.0 Å². The van der Waals surface area contributed by atoms with Gasteiger partial charge in [-0.05, 0) is 28.7 Å². The van der Waals surface area contributed by atoms with Crippen LogP contribution in [0.5, 0.6) is 0 Å². The lowest BCUT2D eigenvalue weighted by molar-refractivity contribution is -0.123. The van der Waals surface area contributed by atoms with Gasteiger partial charge in [-0.1, -0.05) is 84.9 Å². The molecule has 0 bridgehead atoms. The Labute approximate surface area is 160 Å². The summed E-state index contributed by atoms with van der Waals surface area (Å²) in [5.41, 5.74) is 4.93. The van der Waals surface area contributed by atoms with E-state index in [1.54, 1.807) is 0 Å². The molecule has 0 radical (unpaired) electrons. The van der Waals surface area contributed by atoms with Crippen LogP contribution in [0.4, 0.5) is 0 Å². The largest absolute Gasteiger partial charge is 0.344 e. The van der Waals surface area contributed by atoms with Gasteiger partial charge < -0.3 is 5.32 Å². The number of carbonyl (C=O) groups excluding carboxylic acids is 1. The molecule has 0 unspecified atom stereocenters. The van der Waals surface area contributed by atoms with Gasteiger partial charge in [-0.3, -0.25) is 9.69 Å². The second-order valence-electron chi connectivity index (χ2n) is 7.05. The molecule has 3 heteroatoms. The minimum atomic E-state index is -0.128. The number of amides is 1. The van der Waals surface area contributed by atoms with Gasteiger partial charge in [0.1, 0.15) is 0 Å². The van der Waals surface area contributed by atoms with E-state index in [4.69, 9.17) is 0 Å². The van der Waals surface area contributed by atoms with Crippen molar-refractivity contribution in [3.8, 4) is 0 Å². The van der Waals surface area contributed by atoms with Gasteiger partial charge >= 0.3 is 0 Å². The highest BCUT2D eigenvalue weighted by Gasteiger charge is 2.21. The topological polar surface area (TPSA) is 32.3 Å². The Morgan fingerprint density at radius 3 is 2.00 bits per heavy atom. The van der Waals surface area contributed by atoms with E-state index in [9.17, 15) is 4.79 Å². The molecule has 0 aliphatic carbocycles. The molecule has 27 heavy (non-hydrogen) atoms. The predicted octanol–water partition coefficient (Wildman–Crippen LogP) is 3.95. The van der Waals surface area contributed by atoms with Crippen molar-refractivity contribution in [3.63, 3.8) is 0 Å². The fourth-order valence-corrected chi connectivity index (χ4v) is 3.75. The first-order chi connectivity index (χ1) is 13.3. The van der Waals surface area contributed by atoms with E-state index in [2.05, 4.69) is 58.7 Å². The second kappa shape index (κ2) is 8.19. The number of hydrogen-bond acceptors (Lipinski definition) is 2. The zero-order valence-corrected chi connectivity index (χ0v) is 15.3. The van der Waals surface area contributed by atoms with Gasteiger partial charge in [-0.2, -0.15) is 0 Å². The van der Waals surface area contributed by atoms with Crippen molar-refractivity contribution in [2.24, 2.45) is 0 Å². The third kappa shape index (κ3) is 4.26.